The first kappa shape index (κ1) is 18.2. The molecule has 3 aliphatic heterocycles. The van der Waals surface area contributed by atoms with Gasteiger partial charge in [-0.05, 0) is 38.5 Å². The number of rotatable bonds is 8. The summed E-state index contributed by atoms with van der Waals surface area (Å²) in [5.41, 5.74) is 0. The van der Waals surface area contributed by atoms with Crippen molar-refractivity contribution >= 4 is 22.7 Å². The standard InChI is InChI=1S/C14H20O10S/c15-13-19-7-9(21-13)3-1-5-11-12(24-25(17,18)23-11)6-2-4-10-8-20-14(16)22-10/h9-12H,1-8H2. The fourth-order valence-electron chi connectivity index (χ4n) is 3.03. The van der Waals surface area contributed by atoms with Crippen LogP contribution < -0.4 is 0 Å². The molecule has 25 heavy (non-hydrogen) atoms. The highest BCUT2D eigenvalue weighted by atomic mass is 32.3. The van der Waals surface area contributed by atoms with E-state index in [-0.39, 0.29) is 25.4 Å². The van der Waals surface area contributed by atoms with Crippen LogP contribution in [0.4, 0.5) is 9.59 Å². The van der Waals surface area contributed by atoms with Crippen LogP contribution in [0.2, 0.25) is 0 Å². The first-order valence-corrected chi connectivity index (χ1v) is 9.53. The van der Waals surface area contributed by atoms with Crippen LogP contribution in [-0.2, 0) is 37.7 Å². The highest BCUT2D eigenvalue weighted by Gasteiger charge is 2.40. The third-order valence-corrected chi connectivity index (χ3v) is 5.19. The van der Waals surface area contributed by atoms with Crippen LogP contribution in [0.5, 0.6) is 0 Å². The number of hydrogen-bond donors (Lipinski definition) is 0. The lowest BCUT2D eigenvalue weighted by Gasteiger charge is -2.15. The summed E-state index contributed by atoms with van der Waals surface area (Å²) in [7, 11) is -3.98. The molecular formula is C14H20O10S. The lowest BCUT2D eigenvalue weighted by molar-refractivity contribution is 0.103. The summed E-state index contributed by atoms with van der Waals surface area (Å²) in [6.45, 7) is 0.426. The van der Waals surface area contributed by atoms with Crippen molar-refractivity contribution in [2.45, 2.75) is 62.9 Å². The molecule has 0 aromatic rings. The fraction of sp³-hybridized carbons (Fsp3) is 0.857. The molecule has 3 fully saturated rings. The Kier molecular flexibility index (Phi) is 5.64. The average Bonchev–Trinajstić information content (AvgIpc) is 3.20. The molecule has 11 heteroatoms. The molecule has 0 aromatic carbocycles. The Morgan fingerprint density at radius 1 is 0.760 bits per heavy atom. The van der Waals surface area contributed by atoms with E-state index in [0.29, 0.717) is 38.5 Å². The van der Waals surface area contributed by atoms with Crippen molar-refractivity contribution in [2.75, 3.05) is 13.2 Å². The summed E-state index contributed by atoms with van der Waals surface area (Å²) in [6, 6.07) is 0. The maximum atomic E-state index is 11.6. The molecular weight excluding hydrogens is 360 g/mol. The zero-order valence-electron chi connectivity index (χ0n) is 13.5. The summed E-state index contributed by atoms with van der Waals surface area (Å²) in [6.07, 6.45) is 0.135. The predicted molar refractivity (Wildman–Crippen MR) is 78.8 cm³/mol. The number of carbonyl (C=O) groups excluding carboxylic acids is 2. The van der Waals surface area contributed by atoms with Gasteiger partial charge in [0.25, 0.3) is 0 Å². The normalized spacial score (nSPS) is 33.6. The summed E-state index contributed by atoms with van der Waals surface area (Å²) in [5, 5.41) is 0. The quantitative estimate of drug-likeness (QED) is 0.571. The number of carbonyl (C=O) groups is 2. The van der Waals surface area contributed by atoms with Crippen LogP contribution in [0.15, 0.2) is 0 Å². The Balaban J connectivity index is 1.40. The van der Waals surface area contributed by atoms with Crippen molar-refractivity contribution in [3.8, 4) is 0 Å². The van der Waals surface area contributed by atoms with Gasteiger partial charge in [0, 0.05) is 0 Å². The number of hydrogen-bond acceptors (Lipinski definition) is 10. The SMILES string of the molecule is O=C1OCC(CCCC2OS(=O)(=O)OC2CCCC2COC(=O)O2)O1. The van der Waals surface area contributed by atoms with Gasteiger partial charge in [-0.25, -0.2) is 18.0 Å². The molecule has 0 aromatic heterocycles. The van der Waals surface area contributed by atoms with Gasteiger partial charge in [-0.3, -0.25) is 0 Å². The minimum absolute atomic E-state index is 0.213. The molecule has 4 unspecified atom stereocenters. The first-order valence-electron chi connectivity index (χ1n) is 8.19. The highest BCUT2D eigenvalue weighted by Crippen LogP contribution is 2.29. The molecule has 0 spiro atoms. The Labute approximate surface area is 145 Å². The van der Waals surface area contributed by atoms with Gasteiger partial charge in [-0.15, -0.1) is 0 Å². The van der Waals surface area contributed by atoms with Gasteiger partial charge >= 0.3 is 22.7 Å². The highest BCUT2D eigenvalue weighted by molar-refractivity contribution is 7.82. The summed E-state index contributed by atoms with van der Waals surface area (Å²) < 4.78 is 52.3. The monoisotopic (exact) mass is 380 g/mol. The molecule has 142 valence electrons. The third kappa shape index (κ3) is 5.19. The first-order chi connectivity index (χ1) is 11.9. The lowest BCUT2D eigenvalue weighted by Crippen LogP contribution is -2.24. The second kappa shape index (κ2) is 7.75. The van der Waals surface area contributed by atoms with Crippen molar-refractivity contribution in [1.82, 2.24) is 0 Å². The Hall–Kier alpha value is -1.59. The topological polar surface area (TPSA) is 124 Å². The Morgan fingerprint density at radius 2 is 1.20 bits per heavy atom. The molecule has 3 aliphatic rings. The van der Waals surface area contributed by atoms with Crippen molar-refractivity contribution in [3.05, 3.63) is 0 Å². The molecule has 0 radical (unpaired) electrons. The summed E-state index contributed by atoms with van der Waals surface area (Å²) in [4.78, 5) is 21.7. The number of cyclic esters (lactones) is 4. The molecule has 3 saturated heterocycles. The van der Waals surface area contributed by atoms with E-state index in [1.807, 2.05) is 0 Å². The van der Waals surface area contributed by atoms with Crippen LogP contribution in [0.1, 0.15) is 38.5 Å². The summed E-state index contributed by atoms with van der Waals surface area (Å²) >= 11 is 0. The van der Waals surface area contributed by atoms with Crippen molar-refractivity contribution in [1.29, 1.82) is 0 Å². The molecule has 0 aliphatic carbocycles. The largest absolute Gasteiger partial charge is 0.508 e. The van der Waals surface area contributed by atoms with Crippen molar-refractivity contribution in [3.63, 3.8) is 0 Å². The minimum atomic E-state index is -3.98. The van der Waals surface area contributed by atoms with Gasteiger partial charge in [0.05, 0.1) is 0 Å². The van der Waals surface area contributed by atoms with Gasteiger partial charge in [-0.2, -0.15) is 8.42 Å². The van der Waals surface area contributed by atoms with E-state index in [1.54, 1.807) is 0 Å². The van der Waals surface area contributed by atoms with Crippen molar-refractivity contribution in [2.24, 2.45) is 0 Å². The van der Waals surface area contributed by atoms with Gasteiger partial charge in [0.15, 0.2) is 0 Å². The van der Waals surface area contributed by atoms with Gasteiger partial charge in [0.2, 0.25) is 0 Å². The average molecular weight is 380 g/mol. The zero-order valence-corrected chi connectivity index (χ0v) is 14.3. The minimum Gasteiger partial charge on any atom is -0.430 e. The predicted octanol–water partition coefficient (Wildman–Crippen LogP) is 1.43. The van der Waals surface area contributed by atoms with Crippen LogP contribution in [0.25, 0.3) is 0 Å². The maximum absolute atomic E-state index is 11.6. The van der Waals surface area contributed by atoms with Gasteiger partial charge in [-0.1, -0.05) is 0 Å². The van der Waals surface area contributed by atoms with E-state index in [2.05, 4.69) is 0 Å². The van der Waals surface area contributed by atoms with Crippen LogP contribution in [-0.4, -0.2) is 58.4 Å². The van der Waals surface area contributed by atoms with Crippen LogP contribution >= 0.6 is 0 Å². The van der Waals surface area contributed by atoms with Crippen LogP contribution in [0, 0.1) is 0 Å². The second-order valence-electron chi connectivity index (χ2n) is 6.14. The lowest BCUT2D eigenvalue weighted by atomic mass is 10.0. The van der Waals surface area contributed by atoms with E-state index >= 15 is 0 Å². The van der Waals surface area contributed by atoms with E-state index in [4.69, 9.17) is 27.3 Å². The molecule has 3 rings (SSSR count). The Morgan fingerprint density at radius 3 is 1.56 bits per heavy atom. The molecule has 4 atom stereocenters. The smallest absolute Gasteiger partial charge is 0.430 e. The molecule has 0 N–H and O–H groups in total. The molecule has 0 bridgehead atoms. The van der Waals surface area contributed by atoms with Crippen LogP contribution in [0.3, 0.4) is 0 Å². The van der Waals surface area contributed by atoms with E-state index in [0.717, 1.165) is 0 Å². The van der Waals surface area contributed by atoms with E-state index in [1.165, 1.54) is 0 Å². The fourth-order valence-corrected chi connectivity index (χ4v) is 4.12. The van der Waals surface area contributed by atoms with Gasteiger partial charge < -0.3 is 18.9 Å². The third-order valence-electron chi connectivity index (χ3n) is 4.23. The van der Waals surface area contributed by atoms with Crippen molar-refractivity contribution < 1.29 is 45.3 Å². The van der Waals surface area contributed by atoms with E-state index in [9.17, 15) is 18.0 Å². The Bertz CT molecular complexity index is 557. The summed E-state index contributed by atoms with van der Waals surface area (Å²) in [5.74, 6) is 0. The van der Waals surface area contributed by atoms with E-state index < -0.39 is 34.9 Å². The van der Waals surface area contributed by atoms with Gasteiger partial charge in [0.1, 0.15) is 37.6 Å². The molecule has 0 saturated carbocycles. The zero-order chi connectivity index (χ0) is 17.9. The molecule has 10 nitrogen and oxygen atoms in total. The maximum Gasteiger partial charge on any atom is 0.508 e. The number of ether oxygens (including phenoxy) is 4. The molecule has 0 amide bonds. The molecule has 3 heterocycles. The second-order valence-corrected chi connectivity index (χ2v) is 7.34.